The van der Waals surface area contributed by atoms with E-state index in [1.807, 2.05) is 84.9 Å². The molecule has 10 rings (SSSR count). The molecule has 0 bridgehead atoms. The summed E-state index contributed by atoms with van der Waals surface area (Å²) in [4.78, 5) is 58.7. The third kappa shape index (κ3) is 3.57. The van der Waals surface area contributed by atoms with E-state index in [9.17, 15) is 19.2 Å². The Morgan fingerprint density at radius 3 is 0.917 bits per heavy atom. The summed E-state index contributed by atoms with van der Waals surface area (Å²) in [5, 5.41) is 8.81. The lowest BCUT2D eigenvalue weighted by Crippen LogP contribution is -2.43. The van der Waals surface area contributed by atoms with Gasteiger partial charge in [0.15, 0.2) is 0 Å². The van der Waals surface area contributed by atoms with E-state index in [1.165, 1.54) is 9.80 Å². The maximum Gasteiger partial charge on any atom is 0.265 e. The molecule has 0 fully saturated rings. The van der Waals surface area contributed by atoms with Gasteiger partial charge in [-0.1, -0.05) is 60.7 Å². The van der Waals surface area contributed by atoms with Gasteiger partial charge in [-0.05, 0) is 116 Å². The van der Waals surface area contributed by atoms with Crippen LogP contribution >= 0.6 is 0 Å². The standard InChI is InChI=1S/C42H22N2O4/c45-39-33-13-15-35-38-36(42(48)44(41(35)47)32-12-10-28-18-24-6-2-4-8-26(24)20-30(28)22-32)16-14-34(37(33)38)40(46)43(39)31-11-9-27-17-23-5-1-3-7-25(23)19-29(27)21-31/h1-22H. The lowest BCUT2D eigenvalue weighted by molar-refractivity contribution is 0.0873. The lowest BCUT2D eigenvalue weighted by Gasteiger charge is -2.32. The van der Waals surface area contributed by atoms with Crippen LogP contribution in [0.1, 0.15) is 41.4 Å². The minimum atomic E-state index is -0.500. The lowest BCUT2D eigenvalue weighted by atomic mass is 9.85. The Bertz CT molecular complexity index is 2570. The van der Waals surface area contributed by atoms with Gasteiger partial charge in [-0.3, -0.25) is 19.2 Å². The van der Waals surface area contributed by atoms with Gasteiger partial charge in [0.05, 0.1) is 11.4 Å². The van der Waals surface area contributed by atoms with Gasteiger partial charge >= 0.3 is 0 Å². The first-order valence-electron chi connectivity index (χ1n) is 15.7. The Hall–Kier alpha value is -6.66. The van der Waals surface area contributed by atoms with Crippen LogP contribution in [0.15, 0.2) is 133 Å². The SMILES string of the molecule is O=C1c2ccc3c4c(ccc(c24)C(=O)N1c1ccc2cc4ccccc4cc2c1)C(=O)N(c1ccc2cc4ccccc4cc2c1)C3=O. The second-order valence-electron chi connectivity index (χ2n) is 12.4. The predicted octanol–water partition coefficient (Wildman–Crippen LogP) is 9.05. The third-order valence-corrected chi connectivity index (χ3v) is 9.79. The summed E-state index contributed by atoms with van der Waals surface area (Å²) >= 11 is 0. The van der Waals surface area contributed by atoms with Gasteiger partial charge in [0.2, 0.25) is 0 Å². The Labute approximate surface area is 273 Å². The number of rotatable bonds is 2. The average Bonchev–Trinajstić information content (AvgIpc) is 3.11. The molecule has 0 aromatic heterocycles. The zero-order valence-electron chi connectivity index (χ0n) is 25.2. The molecule has 0 aliphatic carbocycles. The summed E-state index contributed by atoms with van der Waals surface area (Å²) in [5.41, 5.74) is 2.00. The summed E-state index contributed by atoms with van der Waals surface area (Å²) in [6, 6.07) is 41.8. The second-order valence-corrected chi connectivity index (χ2v) is 12.4. The molecular formula is C42H22N2O4. The Morgan fingerprint density at radius 2 is 0.583 bits per heavy atom. The predicted molar refractivity (Wildman–Crippen MR) is 189 cm³/mol. The molecule has 0 saturated heterocycles. The second kappa shape index (κ2) is 9.44. The monoisotopic (exact) mass is 618 g/mol. The number of hydrogen-bond acceptors (Lipinski definition) is 4. The highest BCUT2D eigenvalue weighted by Gasteiger charge is 2.40. The van der Waals surface area contributed by atoms with Gasteiger partial charge in [0.1, 0.15) is 0 Å². The van der Waals surface area contributed by atoms with Gasteiger partial charge in [-0.15, -0.1) is 0 Å². The summed E-state index contributed by atoms with van der Waals surface area (Å²) in [6.45, 7) is 0. The zero-order valence-corrected chi connectivity index (χ0v) is 25.2. The average molecular weight is 619 g/mol. The number of fused-ring (bicyclic) bond motifs is 4. The number of nitrogens with zero attached hydrogens (tertiary/aromatic N) is 2. The first kappa shape index (κ1) is 26.5. The van der Waals surface area contributed by atoms with Crippen LogP contribution in [0.5, 0.6) is 0 Å². The van der Waals surface area contributed by atoms with Crippen molar-refractivity contribution in [2.45, 2.75) is 0 Å². The van der Waals surface area contributed by atoms with E-state index in [0.29, 0.717) is 22.1 Å². The van der Waals surface area contributed by atoms with E-state index in [0.717, 1.165) is 43.1 Å². The van der Waals surface area contributed by atoms with Crippen molar-refractivity contribution in [1.82, 2.24) is 0 Å². The van der Waals surface area contributed by atoms with E-state index in [2.05, 4.69) is 12.1 Å². The van der Waals surface area contributed by atoms with Crippen molar-refractivity contribution in [3.05, 3.63) is 156 Å². The molecule has 6 nitrogen and oxygen atoms in total. The molecule has 0 unspecified atom stereocenters. The smallest absolute Gasteiger partial charge is 0.265 e. The molecular weight excluding hydrogens is 596 g/mol. The first-order valence-corrected chi connectivity index (χ1v) is 15.7. The van der Waals surface area contributed by atoms with E-state index >= 15 is 0 Å². The van der Waals surface area contributed by atoms with Crippen molar-refractivity contribution in [2.75, 3.05) is 9.80 Å². The molecule has 48 heavy (non-hydrogen) atoms. The number of carbonyl (C=O) groups excluding carboxylic acids is 4. The van der Waals surface area contributed by atoms with Crippen LogP contribution in [0.25, 0.3) is 53.9 Å². The van der Waals surface area contributed by atoms with Gasteiger partial charge in [-0.2, -0.15) is 0 Å². The summed E-state index contributed by atoms with van der Waals surface area (Å²) in [7, 11) is 0. The number of hydrogen-bond donors (Lipinski definition) is 0. The molecule has 4 amide bonds. The highest BCUT2D eigenvalue weighted by atomic mass is 16.2. The molecule has 0 atom stereocenters. The van der Waals surface area contributed by atoms with Gasteiger partial charge in [-0.25, -0.2) is 9.80 Å². The molecule has 8 aromatic carbocycles. The Balaban J connectivity index is 1.08. The van der Waals surface area contributed by atoms with Gasteiger partial charge in [0.25, 0.3) is 23.6 Å². The number of benzene rings is 8. The van der Waals surface area contributed by atoms with Crippen molar-refractivity contribution in [3.63, 3.8) is 0 Å². The fraction of sp³-hybridized carbons (Fsp3) is 0. The zero-order chi connectivity index (χ0) is 32.3. The molecule has 224 valence electrons. The molecule has 2 aliphatic heterocycles. The summed E-state index contributed by atoms with van der Waals surface area (Å²) in [5.74, 6) is -2.00. The van der Waals surface area contributed by atoms with Crippen molar-refractivity contribution >= 4 is 88.9 Å². The fourth-order valence-electron chi connectivity index (χ4n) is 7.48. The van der Waals surface area contributed by atoms with E-state index in [4.69, 9.17) is 0 Å². The van der Waals surface area contributed by atoms with Crippen LogP contribution in [-0.2, 0) is 0 Å². The van der Waals surface area contributed by atoms with E-state index < -0.39 is 23.6 Å². The van der Waals surface area contributed by atoms with E-state index in [-0.39, 0.29) is 22.3 Å². The van der Waals surface area contributed by atoms with Crippen LogP contribution in [0.3, 0.4) is 0 Å². The van der Waals surface area contributed by atoms with Crippen molar-refractivity contribution < 1.29 is 19.2 Å². The quantitative estimate of drug-likeness (QED) is 0.143. The molecule has 2 heterocycles. The molecule has 0 N–H and O–H groups in total. The highest BCUT2D eigenvalue weighted by molar-refractivity contribution is 6.42. The largest absolute Gasteiger partial charge is 0.268 e. The topological polar surface area (TPSA) is 74.8 Å². The van der Waals surface area contributed by atoms with Crippen LogP contribution in [-0.4, -0.2) is 23.6 Å². The van der Waals surface area contributed by atoms with Crippen molar-refractivity contribution in [3.8, 4) is 0 Å². The number of carbonyl (C=O) groups is 4. The highest BCUT2D eigenvalue weighted by Crippen LogP contribution is 2.41. The van der Waals surface area contributed by atoms with Crippen molar-refractivity contribution in [1.29, 1.82) is 0 Å². The van der Waals surface area contributed by atoms with Crippen molar-refractivity contribution in [2.24, 2.45) is 0 Å². The molecule has 0 saturated carbocycles. The normalized spacial score (nSPS) is 14.3. The van der Waals surface area contributed by atoms with Crippen LogP contribution < -0.4 is 9.80 Å². The fourth-order valence-corrected chi connectivity index (χ4v) is 7.48. The summed E-state index contributed by atoms with van der Waals surface area (Å²) < 4.78 is 0. The maximum atomic E-state index is 14.1. The summed E-state index contributed by atoms with van der Waals surface area (Å²) in [6.07, 6.45) is 0. The molecule has 8 aromatic rings. The van der Waals surface area contributed by atoms with Crippen LogP contribution in [0.2, 0.25) is 0 Å². The first-order chi connectivity index (χ1) is 23.4. The maximum absolute atomic E-state index is 14.1. The van der Waals surface area contributed by atoms with Crippen LogP contribution in [0, 0.1) is 0 Å². The Morgan fingerprint density at radius 1 is 0.292 bits per heavy atom. The van der Waals surface area contributed by atoms with Crippen LogP contribution in [0.4, 0.5) is 11.4 Å². The van der Waals surface area contributed by atoms with E-state index in [1.54, 1.807) is 36.4 Å². The third-order valence-electron chi connectivity index (χ3n) is 9.79. The molecule has 2 aliphatic rings. The number of anilines is 2. The minimum Gasteiger partial charge on any atom is -0.268 e. The minimum absolute atomic E-state index is 0.274. The Kier molecular flexibility index (Phi) is 5.22. The number of amides is 4. The van der Waals surface area contributed by atoms with Gasteiger partial charge in [0, 0.05) is 33.0 Å². The number of imide groups is 2. The molecule has 6 heteroatoms. The van der Waals surface area contributed by atoms with Gasteiger partial charge < -0.3 is 0 Å². The molecule has 0 spiro atoms. The molecule has 0 radical (unpaired) electrons.